The van der Waals surface area contributed by atoms with Crippen LogP contribution in [0.25, 0.3) is 16.6 Å². The number of benzene rings is 1. The van der Waals surface area contributed by atoms with Crippen molar-refractivity contribution in [1.29, 1.82) is 0 Å². The quantitative estimate of drug-likeness (QED) is 0.825. The van der Waals surface area contributed by atoms with E-state index in [1.54, 1.807) is 0 Å². The third-order valence-electron chi connectivity index (χ3n) is 5.01. The molecular formula is C19H25BrN4O. The predicted octanol–water partition coefficient (Wildman–Crippen LogP) is 3.16. The molecule has 0 aliphatic carbocycles. The molecule has 25 heavy (non-hydrogen) atoms. The molecule has 1 unspecified atom stereocenters. The molecule has 4 rings (SSSR count). The van der Waals surface area contributed by atoms with E-state index in [9.17, 15) is 4.79 Å². The zero-order valence-electron chi connectivity index (χ0n) is 15.0. The van der Waals surface area contributed by atoms with Crippen LogP contribution in [0.2, 0.25) is 0 Å². The van der Waals surface area contributed by atoms with E-state index in [1.165, 1.54) is 29.3 Å². The molecule has 3 heterocycles. The van der Waals surface area contributed by atoms with Crippen LogP contribution in [0.5, 0.6) is 0 Å². The topological polar surface area (TPSA) is 65.4 Å². The number of hydrogen-bond donors (Lipinski definition) is 2. The molecule has 1 aromatic carbocycles. The summed E-state index contributed by atoms with van der Waals surface area (Å²) in [6.45, 7) is 7.26. The molecule has 0 saturated heterocycles. The standard InChI is InChI=1S/C18H20BrN3O.CH5N/c1-3-21(4-2)18(23)11-8-15-12-6-5-7-14-16(12)13(17(19)20-14)10-22(15)9-11;1-2/h5-8,11,20H,3-4,9-10H2,1-2H3;2H2,1H3. The Hall–Kier alpha value is -1.79. The number of carbonyl (C=O) groups is 1. The maximum atomic E-state index is 12.7. The third kappa shape index (κ3) is 2.87. The van der Waals surface area contributed by atoms with Crippen molar-refractivity contribution in [2.75, 3.05) is 26.7 Å². The van der Waals surface area contributed by atoms with Crippen LogP contribution < -0.4 is 5.73 Å². The summed E-state index contributed by atoms with van der Waals surface area (Å²) < 4.78 is 1.05. The SMILES string of the molecule is CCN(CC)C(=O)C1C=C2c3cccc4[nH]c(Br)c(c34)CN2C1.CN. The lowest BCUT2D eigenvalue weighted by molar-refractivity contribution is -0.133. The number of carbonyl (C=O) groups excluding carboxylic acids is 1. The van der Waals surface area contributed by atoms with Gasteiger partial charge in [-0.05, 0) is 49.0 Å². The van der Waals surface area contributed by atoms with Gasteiger partial charge in [0, 0.05) is 53.9 Å². The highest BCUT2D eigenvalue weighted by Gasteiger charge is 2.35. The van der Waals surface area contributed by atoms with Crippen LogP contribution in [0.3, 0.4) is 0 Å². The largest absolute Gasteiger partial charge is 0.366 e. The molecule has 2 aliphatic heterocycles. The van der Waals surface area contributed by atoms with Gasteiger partial charge in [-0.15, -0.1) is 0 Å². The molecule has 0 saturated carbocycles. The van der Waals surface area contributed by atoms with Crippen molar-refractivity contribution in [3.63, 3.8) is 0 Å². The van der Waals surface area contributed by atoms with E-state index in [1.807, 2.05) is 18.7 Å². The van der Waals surface area contributed by atoms with Crippen LogP contribution in [0.1, 0.15) is 25.0 Å². The van der Waals surface area contributed by atoms with Gasteiger partial charge in [0.2, 0.25) is 5.91 Å². The first-order valence-corrected chi connectivity index (χ1v) is 9.56. The molecule has 1 aromatic heterocycles. The van der Waals surface area contributed by atoms with Gasteiger partial charge in [0.25, 0.3) is 0 Å². The molecular weight excluding hydrogens is 380 g/mol. The lowest BCUT2D eigenvalue weighted by atomic mass is 9.99. The Bertz CT molecular complexity index is 822. The zero-order chi connectivity index (χ0) is 18.1. The minimum atomic E-state index is -0.0353. The Morgan fingerprint density at radius 3 is 2.76 bits per heavy atom. The van der Waals surface area contributed by atoms with Gasteiger partial charge in [-0.2, -0.15) is 0 Å². The van der Waals surface area contributed by atoms with Gasteiger partial charge in [-0.3, -0.25) is 4.79 Å². The smallest absolute Gasteiger partial charge is 0.231 e. The summed E-state index contributed by atoms with van der Waals surface area (Å²) in [5, 5.41) is 1.29. The van der Waals surface area contributed by atoms with Gasteiger partial charge in [0.15, 0.2) is 0 Å². The Balaban J connectivity index is 0.000000880. The van der Waals surface area contributed by atoms with Crippen molar-refractivity contribution in [3.8, 4) is 0 Å². The van der Waals surface area contributed by atoms with Crippen molar-refractivity contribution in [2.45, 2.75) is 20.4 Å². The summed E-state index contributed by atoms with van der Waals surface area (Å²) in [6, 6.07) is 6.35. The zero-order valence-corrected chi connectivity index (χ0v) is 16.6. The average molecular weight is 405 g/mol. The van der Waals surface area contributed by atoms with Crippen LogP contribution in [-0.4, -0.2) is 47.4 Å². The summed E-state index contributed by atoms with van der Waals surface area (Å²) in [5.41, 5.74) is 9.40. The number of fused-ring (bicyclic) bond motifs is 2. The minimum Gasteiger partial charge on any atom is -0.366 e. The minimum absolute atomic E-state index is 0.0353. The maximum Gasteiger partial charge on any atom is 0.231 e. The van der Waals surface area contributed by atoms with Crippen molar-refractivity contribution < 1.29 is 4.79 Å². The third-order valence-corrected chi connectivity index (χ3v) is 5.69. The van der Waals surface area contributed by atoms with Crippen LogP contribution in [0.15, 0.2) is 28.9 Å². The van der Waals surface area contributed by atoms with Gasteiger partial charge < -0.3 is 20.5 Å². The molecule has 1 atom stereocenters. The lowest BCUT2D eigenvalue weighted by Crippen LogP contribution is -2.37. The van der Waals surface area contributed by atoms with E-state index < -0.39 is 0 Å². The Morgan fingerprint density at radius 2 is 2.08 bits per heavy atom. The summed E-state index contributed by atoms with van der Waals surface area (Å²) >= 11 is 3.65. The van der Waals surface area contributed by atoms with Crippen molar-refractivity contribution in [2.24, 2.45) is 11.7 Å². The molecule has 2 aliphatic rings. The first-order chi connectivity index (χ1) is 12.1. The number of halogens is 1. The average Bonchev–Trinajstić information content (AvgIpc) is 3.21. The molecule has 5 nitrogen and oxygen atoms in total. The number of rotatable bonds is 3. The fraction of sp³-hybridized carbons (Fsp3) is 0.421. The highest BCUT2D eigenvalue weighted by molar-refractivity contribution is 9.10. The molecule has 0 spiro atoms. The van der Waals surface area contributed by atoms with Crippen LogP contribution in [-0.2, 0) is 11.3 Å². The molecule has 0 bridgehead atoms. The van der Waals surface area contributed by atoms with Crippen LogP contribution in [0.4, 0.5) is 0 Å². The number of nitrogens with zero attached hydrogens (tertiary/aromatic N) is 2. The Morgan fingerprint density at radius 1 is 1.36 bits per heavy atom. The molecule has 0 radical (unpaired) electrons. The van der Waals surface area contributed by atoms with Crippen LogP contribution in [0, 0.1) is 5.92 Å². The van der Waals surface area contributed by atoms with Crippen molar-refractivity contribution in [3.05, 3.63) is 40.0 Å². The predicted molar refractivity (Wildman–Crippen MR) is 106 cm³/mol. The molecule has 3 N–H and O–H groups in total. The summed E-state index contributed by atoms with van der Waals surface area (Å²) in [7, 11) is 1.50. The van der Waals surface area contributed by atoms with Gasteiger partial charge in [0.05, 0.1) is 10.5 Å². The normalized spacial score (nSPS) is 17.7. The second-order valence-electron chi connectivity index (χ2n) is 6.20. The molecule has 1 amide bonds. The number of nitrogens with one attached hydrogen (secondary N) is 1. The number of hydrogen-bond acceptors (Lipinski definition) is 3. The summed E-state index contributed by atoms with van der Waals surface area (Å²) in [4.78, 5) is 20.4. The second kappa shape index (κ2) is 7.22. The monoisotopic (exact) mass is 404 g/mol. The number of amides is 1. The van der Waals surface area contributed by atoms with E-state index in [2.05, 4.69) is 55.8 Å². The summed E-state index contributed by atoms with van der Waals surface area (Å²) in [6.07, 6.45) is 2.17. The first kappa shape index (κ1) is 18.0. The highest BCUT2D eigenvalue weighted by atomic mass is 79.9. The molecule has 134 valence electrons. The Kier molecular flexibility index (Phi) is 5.20. The van der Waals surface area contributed by atoms with Gasteiger partial charge in [0.1, 0.15) is 0 Å². The summed E-state index contributed by atoms with van der Waals surface area (Å²) in [5.74, 6) is 0.210. The number of aromatic amines is 1. The van der Waals surface area contributed by atoms with E-state index in [4.69, 9.17) is 0 Å². The first-order valence-electron chi connectivity index (χ1n) is 8.76. The fourth-order valence-electron chi connectivity index (χ4n) is 3.85. The van der Waals surface area contributed by atoms with Crippen molar-refractivity contribution >= 4 is 38.4 Å². The molecule has 2 aromatic rings. The van der Waals surface area contributed by atoms with Crippen molar-refractivity contribution in [1.82, 2.24) is 14.8 Å². The van der Waals surface area contributed by atoms with E-state index >= 15 is 0 Å². The fourth-order valence-corrected chi connectivity index (χ4v) is 4.39. The van der Waals surface area contributed by atoms with E-state index in [-0.39, 0.29) is 11.8 Å². The number of nitrogens with two attached hydrogens (primary N) is 1. The van der Waals surface area contributed by atoms with Gasteiger partial charge in [-0.1, -0.05) is 12.1 Å². The second-order valence-corrected chi connectivity index (χ2v) is 6.99. The Labute approximate surface area is 157 Å². The van der Waals surface area contributed by atoms with E-state index in [0.717, 1.165) is 36.3 Å². The number of H-pyrrole nitrogens is 1. The highest BCUT2D eigenvalue weighted by Crippen LogP contribution is 2.43. The maximum absolute atomic E-state index is 12.7. The lowest BCUT2D eigenvalue weighted by Gasteiger charge is -2.29. The molecule has 0 fully saturated rings. The van der Waals surface area contributed by atoms with Gasteiger partial charge >= 0.3 is 0 Å². The van der Waals surface area contributed by atoms with Crippen LogP contribution >= 0.6 is 15.9 Å². The molecule has 6 heteroatoms. The number of aromatic nitrogens is 1. The van der Waals surface area contributed by atoms with Gasteiger partial charge in [-0.25, -0.2) is 0 Å². The van der Waals surface area contributed by atoms with E-state index in [0.29, 0.717) is 0 Å².